The summed E-state index contributed by atoms with van der Waals surface area (Å²) in [7, 11) is 0. The SMILES string of the molecule is CC(C)NC(=O)CCOc1c(F)cccc1CNC1CC1. The Balaban J connectivity index is 1.86. The summed E-state index contributed by atoms with van der Waals surface area (Å²) in [4.78, 5) is 11.5. The summed E-state index contributed by atoms with van der Waals surface area (Å²) in [5, 5.41) is 6.12. The minimum absolute atomic E-state index is 0.0843. The second-order valence-electron chi connectivity index (χ2n) is 5.70. The summed E-state index contributed by atoms with van der Waals surface area (Å²) >= 11 is 0. The minimum atomic E-state index is -0.380. The Hall–Kier alpha value is -1.62. The molecule has 0 aromatic heterocycles. The molecule has 5 heteroatoms. The molecular formula is C16H23FN2O2. The van der Waals surface area contributed by atoms with Gasteiger partial charge in [-0.1, -0.05) is 12.1 Å². The summed E-state index contributed by atoms with van der Waals surface area (Å²) in [5.74, 6) is -0.212. The Labute approximate surface area is 125 Å². The highest BCUT2D eigenvalue weighted by Gasteiger charge is 2.21. The van der Waals surface area contributed by atoms with Crippen LogP contribution in [0.5, 0.6) is 5.75 Å². The molecule has 0 spiro atoms. The van der Waals surface area contributed by atoms with Gasteiger partial charge in [0, 0.05) is 24.2 Å². The van der Waals surface area contributed by atoms with Crippen molar-refractivity contribution < 1.29 is 13.9 Å². The largest absolute Gasteiger partial charge is 0.490 e. The predicted octanol–water partition coefficient (Wildman–Crippen LogP) is 2.37. The Morgan fingerprint density at radius 3 is 2.86 bits per heavy atom. The Morgan fingerprint density at radius 1 is 1.43 bits per heavy atom. The number of benzene rings is 1. The number of rotatable bonds is 8. The first-order chi connectivity index (χ1) is 10.1. The second kappa shape index (κ2) is 7.41. The maximum absolute atomic E-state index is 13.9. The van der Waals surface area contributed by atoms with E-state index in [1.165, 1.54) is 18.9 Å². The van der Waals surface area contributed by atoms with Crippen LogP contribution in [0.25, 0.3) is 0 Å². The quantitative estimate of drug-likeness (QED) is 0.774. The molecule has 0 unspecified atom stereocenters. The van der Waals surface area contributed by atoms with Crippen molar-refractivity contribution in [3.05, 3.63) is 29.6 Å². The van der Waals surface area contributed by atoms with Gasteiger partial charge in [-0.05, 0) is 32.8 Å². The molecule has 0 radical (unpaired) electrons. The fraction of sp³-hybridized carbons (Fsp3) is 0.562. The van der Waals surface area contributed by atoms with Gasteiger partial charge in [0.2, 0.25) is 5.91 Å². The number of amides is 1. The predicted molar refractivity (Wildman–Crippen MR) is 79.7 cm³/mol. The van der Waals surface area contributed by atoms with Crippen LogP contribution in [0.2, 0.25) is 0 Å². The highest BCUT2D eigenvalue weighted by Crippen LogP contribution is 2.25. The fourth-order valence-corrected chi connectivity index (χ4v) is 2.04. The van der Waals surface area contributed by atoms with E-state index in [2.05, 4.69) is 10.6 Å². The van der Waals surface area contributed by atoms with Crippen LogP contribution in [0.4, 0.5) is 4.39 Å². The van der Waals surface area contributed by atoms with Crippen LogP contribution in [0.15, 0.2) is 18.2 Å². The van der Waals surface area contributed by atoms with Crippen LogP contribution in [0.3, 0.4) is 0 Å². The number of hydrogen-bond acceptors (Lipinski definition) is 3. The van der Waals surface area contributed by atoms with Crippen LogP contribution in [-0.2, 0) is 11.3 Å². The van der Waals surface area contributed by atoms with Crippen molar-refractivity contribution in [2.75, 3.05) is 6.61 Å². The van der Waals surface area contributed by atoms with Gasteiger partial charge in [0.25, 0.3) is 0 Å². The molecule has 1 aliphatic carbocycles. The third-order valence-electron chi connectivity index (χ3n) is 3.23. The molecule has 1 aliphatic rings. The van der Waals surface area contributed by atoms with Gasteiger partial charge in [0.1, 0.15) is 0 Å². The van der Waals surface area contributed by atoms with Crippen molar-refractivity contribution in [3.63, 3.8) is 0 Å². The lowest BCUT2D eigenvalue weighted by Crippen LogP contribution is -2.31. The first-order valence-electron chi connectivity index (χ1n) is 7.49. The molecule has 0 aliphatic heterocycles. The Bertz CT molecular complexity index is 487. The van der Waals surface area contributed by atoms with Crippen molar-refractivity contribution in [1.82, 2.24) is 10.6 Å². The van der Waals surface area contributed by atoms with Gasteiger partial charge in [0.05, 0.1) is 13.0 Å². The van der Waals surface area contributed by atoms with Gasteiger partial charge in [-0.15, -0.1) is 0 Å². The standard InChI is InChI=1S/C16H23FN2O2/c1-11(2)19-15(20)8-9-21-16-12(4-3-5-14(16)17)10-18-13-6-7-13/h3-5,11,13,18H,6-10H2,1-2H3,(H,19,20). The normalized spacial score (nSPS) is 14.3. The van der Waals surface area contributed by atoms with E-state index < -0.39 is 0 Å². The summed E-state index contributed by atoms with van der Waals surface area (Å²) in [5.41, 5.74) is 0.797. The molecule has 0 bridgehead atoms. The van der Waals surface area contributed by atoms with Gasteiger partial charge in [-0.2, -0.15) is 0 Å². The van der Waals surface area contributed by atoms with E-state index in [1.54, 1.807) is 6.07 Å². The highest BCUT2D eigenvalue weighted by atomic mass is 19.1. The molecular weight excluding hydrogens is 271 g/mol. The molecule has 1 amide bonds. The van der Waals surface area contributed by atoms with E-state index in [4.69, 9.17) is 4.74 Å². The molecule has 4 nitrogen and oxygen atoms in total. The smallest absolute Gasteiger partial charge is 0.223 e. The van der Waals surface area contributed by atoms with Gasteiger partial charge in [-0.3, -0.25) is 4.79 Å². The number of carbonyl (C=O) groups is 1. The maximum atomic E-state index is 13.9. The summed E-state index contributed by atoms with van der Waals surface area (Å²) in [6, 6.07) is 5.56. The number of para-hydroxylation sites is 1. The topological polar surface area (TPSA) is 50.4 Å². The molecule has 0 atom stereocenters. The number of hydrogen-bond donors (Lipinski definition) is 2. The van der Waals surface area contributed by atoms with E-state index in [0.717, 1.165) is 5.56 Å². The van der Waals surface area contributed by atoms with E-state index in [-0.39, 0.29) is 36.5 Å². The molecule has 2 rings (SSSR count). The molecule has 1 saturated carbocycles. The number of ether oxygens (including phenoxy) is 1. The van der Waals surface area contributed by atoms with E-state index in [0.29, 0.717) is 12.6 Å². The fourth-order valence-electron chi connectivity index (χ4n) is 2.04. The highest BCUT2D eigenvalue weighted by molar-refractivity contribution is 5.76. The average Bonchev–Trinajstić information content (AvgIpc) is 3.22. The number of nitrogens with one attached hydrogen (secondary N) is 2. The van der Waals surface area contributed by atoms with Gasteiger partial charge in [0.15, 0.2) is 11.6 Å². The summed E-state index contributed by atoms with van der Waals surface area (Å²) < 4.78 is 19.4. The summed E-state index contributed by atoms with van der Waals surface area (Å²) in [6.45, 7) is 4.57. The van der Waals surface area contributed by atoms with Crippen molar-refractivity contribution in [1.29, 1.82) is 0 Å². The molecule has 1 aromatic rings. The van der Waals surface area contributed by atoms with Crippen molar-refractivity contribution in [3.8, 4) is 5.75 Å². The second-order valence-corrected chi connectivity index (χ2v) is 5.70. The molecule has 0 saturated heterocycles. The van der Waals surface area contributed by atoms with Gasteiger partial charge in [-0.25, -0.2) is 4.39 Å². The average molecular weight is 294 g/mol. The first-order valence-corrected chi connectivity index (χ1v) is 7.49. The Kier molecular flexibility index (Phi) is 5.56. The third kappa shape index (κ3) is 5.34. The molecule has 116 valence electrons. The van der Waals surface area contributed by atoms with Gasteiger partial charge < -0.3 is 15.4 Å². The number of carbonyl (C=O) groups excluding carboxylic acids is 1. The lowest BCUT2D eigenvalue weighted by Gasteiger charge is -2.13. The lowest BCUT2D eigenvalue weighted by atomic mass is 10.2. The molecule has 1 aromatic carbocycles. The van der Waals surface area contributed by atoms with E-state index >= 15 is 0 Å². The summed E-state index contributed by atoms with van der Waals surface area (Å²) in [6.07, 6.45) is 2.59. The first kappa shape index (κ1) is 15.8. The third-order valence-corrected chi connectivity index (χ3v) is 3.23. The Morgan fingerprint density at radius 2 is 2.19 bits per heavy atom. The van der Waals surface area contributed by atoms with Crippen LogP contribution in [0.1, 0.15) is 38.7 Å². The lowest BCUT2D eigenvalue weighted by molar-refractivity contribution is -0.122. The van der Waals surface area contributed by atoms with Crippen LogP contribution < -0.4 is 15.4 Å². The van der Waals surface area contributed by atoms with E-state index in [1.807, 2.05) is 19.9 Å². The monoisotopic (exact) mass is 294 g/mol. The zero-order valence-electron chi connectivity index (χ0n) is 12.6. The van der Waals surface area contributed by atoms with Crippen LogP contribution >= 0.6 is 0 Å². The van der Waals surface area contributed by atoms with Crippen LogP contribution in [-0.4, -0.2) is 24.6 Å². The zero-order chi connectivity index (χ0) is 15.2. The van der Waals surface area contributed by atoms with Gasteiger partial charge >= 0.3 is 0 Å². The van der Waals surface area contributed by atoms with Crippen molar-refractivity contribution in [2.45, 2.75) is 51.7 Å². The minimum Gasteiger partial charge on any atom is -0.490 e. The van der Waals surface area contributed by atoms with Crippen molar-refractivity contribution >= 4 is 5.91 Å². The molecule has 0 heterocycles. The molecule has 21 heavy (non-hydrogen) atoms. The zero-order valence-corrected chi connectivity index (χ0v) is 12.6. The number of halogens is 1. The molecule has 2 N–H and O–H groups in total. The van der Waals surface area contributed by atoms with Crippen molar-refractivity contribution in [2.24, 2.45) is 0 Å². The maximum Gasteiger partial charge on any atom is 0.223 e. The molecule has 1 fully saturated rings. The van der Waals surface area contributed by atoms with E-state index in [9.17, 15) is 9.18 Å². The van der Waals surface area contributed by atoms with Crippen LogP contribution in [0, 0.1) is 5.82 Å².